The van der Waals surface area contributed by atoms with Crippen molar-refractivity contribution in [1.29, 1.82) is 0 Å². The van der Waals surface area contributed by atoms with Crippen LogP contribution in [0.5, 0.6) is 0 Å². The van der Waals surface area contributed by atoms with Gasteiger partial charge in [0.2, 0.25) is 0 Å². The van der Waals surface area contributed by atoms with Gasteiger partial charge in [-0.1, -0.05) is 0 Å². The van der Waals surface area contributed by atoms with Gasteiger partial charge in [-0.15, -0.1) is 0 Å². The lowest BCUT2D eigenvalue weighted by atomic mass is 10.1. The Hall–Kier alpha value is -2.11. The maximum Gasteiger partial charge on any atom is 0.271 e. The Morgan fingerprint density at radius 2 is 2.25 bits per heavy atom. The van der Waals surface area contributed by atoms with Crippen LogP contribution >= 0.6 is 0 Å². The summed E-state index contributed by atoms with van der Waals surface area (Å²) in [6.45, 7) is 1.18. The molecule has 0 unspecified atom stereocenters. The van der Waals surface area contributed by atoms with Gasteiger partial charge in [-0.05, 0) is 6.07 Å². The van der Waals surface area contributed by atoms with Crippen LogP contribution in [-0.4, -0.2) is 35.9 Å². The Morgan fingerprint density at radius 3 is 2.94 bits per heavy atom. The van der Waals surface area contributed by atoms with E-state index in [0.717, 1.165) is 0 Å². The molecular formula is C10H11N3O3. The monoisotopic (exact) mass is 221 g/mol. The van der Waals surface area contributed by atoms with Gasteiger partial charge < -0.3 is 10.2 Å². The Labute approximate surface area is 92.0 Å². The molecule has 0 atom stereocenters. The number of nitrogens with one attached hydrogen (secondary N) is 1. The lowest BCUT2D eigenvalue weighted by molar-refractivity contribution is -0.384. The van der Waals surface area contributed by atoms with E-state index in [-0.39, 0.29) is 11.6 Å². The number of amides is 1. The van der Waals surface area contributed by atoms with Gasteiger partial charge in [0.15, 0.2) is 0 Å². The van der Waals surface area contributed by atoms with Gasteiger partial charge in [0, 0.05) is 32.3 Å². The van der Waals surface area contributed by atoms with Gasteiger partial charge in [0.1, 0.15) is 0 Å². The second-order valence-corrected chi connectivity index (χ2v) is 3.64. The van der Waals surface area contributed by atoms with Crippen LogP contribution in [-0.2, 0) is 0 Å². The minimum atomic E-state index is -0.471. The zero-order valence-corrected chi connectivity index (χ0v) is 8.77. The van der Waals surface area contributed by atoms with Gasteiger partial charge in [0.05, 0.1) is 16.2 Å². The summed E-state index contributed by atoms with van der Waals surface area (Å²) in [5, 5.41) is 13.6. The molecule has 0 bridgehead atoms. The van der Waals surface area contributed by atoms with Crippen LogP contribution in [0.15, 0.2) is 18.2 Å². The minimum absolute atomic E-state index is 0.0106. The zero-order chi connectivity index (χ0) is 11.7. The molecular weight excluding hydrogens is 210 g/mol. The maximum atomic E-state index is 11.8. The highest BCUT2D eigenvalue weighted by Gasteiger charge is 2.21. The molecule has 1 aliphatic rings. The van der Waals surface area contributed by atoms with E-state index in [1.54, 1.807) is 11.9 Å². The fourth-order valence-electron chi connectivity index (χ4n) is 1.64. The maximum absolute atomic E-state index is 11.8. The molecule has 0 aliphatic carbocycles. The number of likely N-dealkylation sites (N-methyl/N-ethyl adjacent to an activating group) is 1. The summed E-state index contributed by atoms with van der Waals surface area (Å²) < 4.78 is 0. The molecule has 6 heteroatoms. The van der Waals surface area contributed by atoms with Gasteiger partial charge in [-0.3, -0.25) is 14.9 Å². The second kappa shape index (κ2) is 3.80. The van der Waals surface area contributed by atoms with Gasteiger partial charge in [-0.2, -0.15) is 0 Å². The number of non-ortho nitro benzene ring substituents is 1. The van der Waals surface area contributed by atoms with Crippen molar-refractivity contribution >= 4 is 17.3 Å². The van der Waals surface area contributed by atoms with Crippen molar-refractivity contribution in [2.45, 2.75) is 0 Å². The van der Waals surface area contributed by atoms with E-state index in [9.17, 15) is 14.9 Å². The van der Waals surface area contributed by atoms with E-state index >= 15 is 0 Å². The molecule has 0 spiro atoms. The SMILES string of the molecule is CN1CCNc2cc([N+](=O)[O-])ccc2C1=O. The lowest BCUT2D eigenvalue weighted by Crippen LogP contribution is -2.27. The molecule has 0 fully saturated rings. The van der Waals surface area contributed by atoms with E-state index in [2.05, 4.69) is 5.32 Å². The molecule has 1 aromatic rings. The molecule has 6 nitrogen and oxygen atoms in total. The van der Waals surface area contributed by atoms with E-state index < -0.39 is 4.92 Å². The second-order valence-electron chi connectivity index (χ2n) is 3.64. The van der Waals surface area contributed by atoms with Crippen molar-refractivity contribution in [3.8, 4) is 0 Å². The molecule has 0 saturated carbocycles. The number of nitro benzene ring substituents is 1. The van der Waals surface area contributed by atoms with Crippen molar-refractivity contribution in [1.82, 2.24) is 4.90 Å². The third-order valence-corrected chi connectivity index (χ3v) is 2.55. The Bertz CT molecular complexity index is 459. The number of benzene rings is 1. The number of nitrogens with zero attached hydrogens (tertiary/aromatic N) is 2. The third kappa shape index (κ3) is 1.69. The Morgan fingerprint density at radius 1 is 1.50 bits per heavy atom. The molecule has 0 radical (unpaired) electrons. The van der Waals surface area contributed by atoms with Crippen LogP contribution in [0.3, 0.4) is 0 Å². The van der Waals surface area contributed by atoms with Crippen molar-refractivity contribution in [2.24, 2.45) is 0 Å². The summed E-state index contributed by atoms with van der Waals surface area (Å²) in [4.78, 5) is 23.6. The summed E-state index contributed by atoms with van der Waals surface area (Å²) >= 11 is 0. The predicted octanol–water partition coefficient (Wildman–Crippen LogP) is 1.09. The van der Waals surface area contributed by atoms with Crippen molar-refractivity contribution in [2.75, 3.05) is 25.5 Å². The normalized spacial score (nSPS) is 15.1. The molecule has 1 aliphatic heterocycles. The van der Waals surface area contributed by atoms with E-state index in [1.807, 2.05) is 0 Å². The van der Waals surface area contributed by atoms with Crippen LogP contribution in [0.1, 0.15) is 10.4 Å². The molecule has 1 N–H and O–H groups in total. The number of hydrogen-bond donors (Lipinski definition) is 1. The van der Waals surface area contributed by atoms with Crippen LogP contribution in [0.2, 0.25) is 0 Å². The lowest BCUT2D eigenvalue weighted by Gasteiger charge is -2.12. The first-order valence-corrected chi connectivity index (χ1v) is 4.87. The number of nitro groups is 1. The molecule has 0 aromatic heterocycles. The summed E-state index contributed by atoms with van der Waals surface area (Å²) in [5.74, 6) is -0.116. The van der Waals surface area contributed by atoms with Gasteiger partial charge in [-0.25, -0.2) is 0 Å². The standard InChI is InChI=1S/C10H11N3O3/c1-12-5-4-11-9-6-7(13(15)16)2-3-8(9)10(12)14/h2-3,6,11H,4-5H2,1H3. The van der Waals surface area contributed by atoms with E-state index in [1.165, 1.54) is 18.2 Å². The number of anilines is 1. The minimum Gasteiger partial charge on any atom is -0.382 e. The van der Waals surface area contributed by atoms with Gasteiger partial charge in [0.25, 0.3) is 11.6 Å². The van der Waals surface area contributed by atoms with Crippen LogP contribution in [0.4, 0.5) is 11.4 Å². The highest BCUT2D eigenvalue weighted by molar-refractivity contribution is 6.00. The highest BCUT2D eigenvalue weighted by atomic mass is 16.6. The van der Waals surface area contributed by atoms with Crippen LogP contribution in [0, 0.1) is 10.1 Å². The fraction of sp³-hybridized carbons (Fsp3) is 0.300. The van der Waals surface area contributed by atoms with Crippen molar-refractivity contribution < 1.29 is 9.72 Å². The number of rotatable bonds is 1. The molecule has 16 heavy (non-hydrogen) atoms. The van der Waals surface area contributed by atoms with Crippen LogP contribution in [0.25, 0.3) is 0 Å². The first-order valence-electron chi connectivity index (χ1n) is 4.87. The molecule has 1 amide bonds. The Kier molecular flexibility index (Phi) is 2.47. The van der Waals surface area contributed by atoms with Crippen LogP contribution < -0.4 is 5.32 Å². The molecule has 1 heterocycles. The largest absolute Gasteiger partial charge is 0.382 e. The highest BCUT2D eigenvalue weighted by Crippen LogP contribution is 2.24. The summed E-state index contributed by atoms with van der Waals surface area (Å²) in [5.41, 5.74) is 0.998. The van der Waals surface area contributed by atoms with Gasteiger partial charge >= 0.3 is 0 Å². The average Bonchev–Trinajstić information content (AvgIpc) is 2.40. The van der Waals surface area contributed by atoms with E-state index in [0.29, 0.717) is 24.3 Å². The predicted molar refractivity (Wildman–Crippen MR) is 58.5 cm³/mol. The number of carbonyl (C=O) groups excluding carboxylic acids is 1. The number of hydrogen-bond acceptors (Lipinski definition) is 4. The average molecular weight is 221 g/mol. The first-order chi connectivity index (χ1) is 7.59. The Balaban J connectivity index is 2.47. The topological polar surface area (TPSA) is 75.5 Å². The fourth-order valence-corrected chi connectivity index (χ4v) is 1.64. The number of fused-ring (bicyclic) bond motifs is 1. The van der Waals surface area contributed by atoms with Crippen molar-refractivity contribution in [3.05, 3.63) is 33.9 Å². The summed E-state index contributed by atoms with van der Waals surface area (Å²) in [6, 6.07) is 4.23. The number of carbonyl (C=O) groups is 1. The quantitative estimate of drug-likeness (QED) is 0.569. The molecule has 0 saturated heterocycles. The first kappa shape index (κ1) is 10.4. The third-order valence-electron chi connectivity index (χ3n) is 2.55. The smallest absolute Gasteiger partial charge is 0.271 e. The summed E-state index contributed by atoms with van der Waals surface area (Å²) in [7, 11) is 1.71. The molecule has 84 valence electrons. The van der Waals surface area contributed by atoms with Crippen molar-refractivity contribution in [3.63, 3.8) is 0 Å². The molecule has 2 rings (SSSR count). The summed E-state index contributed by atoms with van der Waals surface area (Å²) in [6.07, 6.45) is 0. The zero-order valence-electron chi connectivity index (χ0n) is 8.77. The van der Waals surface area contributed by atoms with E-state index in [4.69, 9.17) is 0 Å². The molecule has 1 aromatic carbocycles.